The fourth-order valence-electron chi connectivity index (χ4n) is 1.94. The molecular formula is C14H15NO4. The van der Waals surface area contributed by atoms with E-state index in [0.717, 1.165) is 5.56 Å². The first-order valence-corrected chi connectivity index (χ1v) is 6.17. The standard InChI is InChI=1S/C14H15NO4/c16-11(8-10-4-2-1-3-5-10)9-13(17)15-12-6-7-19-14(12)18/h1-5,12H,6-9H2,(H,15,17)/t12-/m1/s1. The minimum absolute atomic E-state index is 0.171. The monoisotopic (exact) mass is 261 g/mol. The van der Waals surface area contributed by atoms with Crippen LogP contribution in [0.4, 0.5) is 0 Å². The van der Waals surface area contributed by atoms with Gasteiger partial charge in [-0.25, -0.2) is 4.79 Å². The molecule has 1 saturated heterocycles. The van der Waals surface area contributed by atoms with Crippen molar-refractivity contribution in [3.05, 3.63) is 35.9 Å². The lowest BCUT2D eigenvalue weighted by atomic mass is 10.1. The first-order chi connectivity index (χ1) is 9.15. The molecule has 1 atom stereocenters. The number of carbonyl (C=O) groups is 3. The zero-order chi connectivity index (χ0) is 13.7. The molecule has 0 unspecified atom stereocenters. The number of hydrogen-bond donors (Lipinski definition) is 1. The van der Waals surface area contributed by atoms with Crippen LogP contribution in [-0.2, 0) is 25.5 Å². The minimum atomic E-state index is -0.600. The summed E-state index contributed by atoms with van der Waals surface area (Å²) in [5, 5.41) is 2.51. The predicted octanol–water partition coefficient (Wildman–Crippen LogP) is 0.620. The number of ketones is 1. The van der Waals surface area contributed by atoms with Gasteiger partial charge >= 0.3 is 5.97 Å². The molecule has 1 N–H and O–H groups in total. The maximum absolute atomic E-state index is 11.7. The Balaban J connectivity index is 1.79. The second-order valence-electron chi connectivity index (χ2n) is 4.45. The van der Waals surface area contributed by atoms with Crippen molar-refractivity contribution in [1.82, 2.24) is 5.32 Å². The summed E-state index contributed by atoms with van der Waals surface area (Å²) >= 11 is 0. The third-order valence-corrected chi connectivity index (χ3v) is 2.87. The number of esters is 1. The fraction of sp³-hybridized carbons (Fsp3) is 0.357. The van der Waals surface area contributed by atoms with Crippen LogP contribution in [-0.4, -0.2) is 30.3 Å². The molecule has 1 amide bonds. The third-order valence-electron chi connectivity index (χ3n) is 2.87. The van der Waals surface area contributed by atoms with E-state index in [4.69, 9.17) is 4.74 Å². The molecule has 1 aliphatic rings. The average molecular weight is 261 g/mol. The lowest BCUT2D eigenvalue weighted by molar-refractivity contribution is -0.141. The van der Waals surface area contributed by atoms with E-state index in [1.807, 2.05) is 30.3 Å². The summed E-state index contributed by atoms with van der Waals surface area (Å²) < 4.78 is 4.73. The number of ether oxygens (including phenoxy) is 1. The van der Waals surface area contributed by atoms with Gasteiger partial charge in [0, 0.05) is 12.8 Å². The average Bonchev–Trinajstić information content (AvgIpc) is 2.76. The van der Waals surface area contributed by atoms with Gasteiger partial charge in [-0.15, -0.1) is 0 Å². The van der Waals surface area contributed by atoms with Gasteiger partial charge in [0.1, 0.15) is 11.8 Å². The van der Waals surface area contributed by atoms with Crippen LogP contribution in [0.5, 0.6) is 0 Å². The summed E-state index contributed by atoms with van der Waals surface area (Å²) in [6.45, 7) is 0.321. The Morgan fingerprint density at radius 2 is 2.00 bits per heavy atom. The molecule has 0 radical (unpaired) electrons. The Morgan fingerprint density at radius 1 is 1.26 bits per heavy atom. The van der Waals surface area contributed by atoms with Crippen molar-refractivity contribution in [1.29, 1.82) is 0 Å². The number of Topliss-reactive ketones (excluding diaryl/α,β-unsaturated/α-hetero) is 1. The zero-order valence-electron chi connectivity index (χ0n) is 10.4. The molecule has 0 saturated carbocycles. The van der Waals surface area contributed by atoms with E-state index in [-0.39, 0.29) is 18.6 Å². The second kappa shape index (κ2) is 6.13. The van der Waals surface area contributed by atoms with Crippen LogP contribution in [0.25, 0.3) is 0 Å². The summed E-state index contributed by atoms with van der Waals surface area (Å²) in [5.41, 5.74) is 0.876. The van der Waals surface area contributed by atoms with E-state index in [9.17, 15) is 14.4 Å². The molecule has 1 heterocycles. The van der Waals surface area contributed by atoms with Gasteiger partial charge in [-0.1, -0.05) is 30.3 Å². The quantitative estimate of drug-likeness (QED) is 0.623. The van der Waals surface area contributed by atoms with Crippen molar-refractivity contribution in [2.75, 3.05) is 6.61 Å². The molecule has 0 aromatic heterocycles. The molecule has 0 bridgehead atoms. The zero-order valence-corrected chi connectivity index (χ0v) is 10.4. The summed E-state index contributed by atoms with van der Waals surface area (Å²) in [6.07, 6.45) is 0.486. The van der Waals surface area contributed by atoms with Gasteiger partial charge in [-0.05, 0) is 5.56 Å². The molecule has 1 aliphatic heterocycles. The van der Waals surface area contributed by atoms with E-state index < -0.39 is 17.9 Å². The molecule has 1 aromatic carbocycles. The highest BCUT2D eigenvalue weighted by Gasteiger charge is 2.28. The fourth-order valence-corrected chi connectivity index (χ4v) is 1.94. The maximum Gasteiger partial charge on any atom is 0.328 e. The van der Waals surface area contributed by atoms with Crippen molar-refractivity contribution in [2.45, 2.75) is 25.3 Å². The Kier molecular flexibility index (Phi) is 4.28. The van der Waals surface area contributed by atoms with Crippen molar-refractivity contribution >= 4 is 17.7 Å². The van der Waals surface area contributed by atoms with Crippen LogP contribution >= 0.6 is 0 Å². The van der Waals surface area contributed by atoms with Crippen LogP contribution < -0.4 is 5.32 Å². The number of rotatable bonds is 5. The van der Waals surface area contributed by atoms with Crippen LogP contribution in [0.1, 0.15) is 18.4 Å². The number of hydrogen-bond acceptors (Lipinski definition) is 4. The molecule has 5 heteroatoms. The van der Waals surface area contributed by atoms with Gasteiger partial charge < -0.3 is 10.1 Å². The smallest absolute Gasteiger partial charge is 0.328 e. The molecule has 0 spiro atoms. The van der Waals surface area contributed by atoms with Gasteiger partial charge in [-0.2, -0.15) is 0 Å². The highest BCUT2D eigenvalue weighted by Crippen LogP contribution is 2.06. The summed E-state index contributed by atoms with van der Waals surface area (Å²) in [7, 11) is 0. The third kappa shape index (κ3) is 3.91. The summed E-state index contributed by atoms with van der Waals surface area (Å²) in [5.74, 6) is -1.02. The number of carbonyl (C=O) groups excluding carboxylic acids is 3. The molecule has 100 valence electrons. The van der Waals surface area contributed by atoms with Crippen molar-refractivity contribution in [3.8, 4) is 0 Å². The summed E-state index contributed by atoms with van der Waals surface area (Å²) in [4.78, 5) is 34.5. The largest absolute Gasteiger partial charge is 0.464 e. The van der Waals surface area contributed by atoms with Crippen LogP contribution in [0.2, 0.25) is 0 Å². The molecule has 0 aliphatic carbocycles. The van der Waals surface area contributed by atoms with E-state index >= 15 is 0 Å². The van der Waals surface area contributed by atoms with Gasteiger partial charge in [-0.3, -0.25) is 9.59 Å². The van der Waals surface area contributed by atoms with E-state index in [1.54, 1.807) is 0 Å². The highest BCUT2D eigenvalue weighted by atomic mass is 16.5. The highest BCUT2D eigenvalue weighted by molar-refractivity contribution is 6.00. The number of cyclic esters (lactones) is 1. The van der Waals surface area contributed by atoms with Crippen LogP contribution in [0, 0.1) is 0 Å². The van der Waals surface area contributed by atoms with Crippen LogP contribution in [0.3, 0.4) is 0 Å². The normalized spacial score (nSPS) is 17.9. The number of amides is 1. The van der Waals surface area contributed by atoms with Crippen molar-refractivity contribution in [3.63, 3.8) is 0 Å². The molecular weight excluding hydrogens is 246 g/mol. The molecule has 1 aromatic rings. The van der Waals surface area contributed by atoms with Gasteiger partial charge in [0.25, 0.3) is 0 Å². The molecule has 19 heavy (non-hydrogen) atoms. The number of benzene rings is 1. The molecule has 5 nitrogen and oxygen atoms in total. The Labute approximate surface area is 110 Å². The van der Waals surface area contributed by atoms with Crippen LogP contribution in [0.15, 0.2) is 30.3 Å². The molecule has 1 fully saturated rings. The molecule has 2 rings (SSSR count). The van der Waals surface area contributed by atoms with Crippen molar-refractivity contribution < 1.29 is 19.1 Å². The first-order valence-electron chi connectivity index (χ1n) is 6.17. The Morgan fingerprint density at radius 3 is 2.63 bits per heavy atom. The first kappa shape index (κ1) is 13.3. The van der Waals surface area contributed by atoms with E-state index in [1.165, 1.54) is 0 Å². The summed E-state index contributed by atoms with van der Waals surface area (Å²) in [6, 6.07) is 8.63. The Hall–Kier alpha value is -2.17. The van der Waals surface area contributed by atoms with E-state index in [0.29, 0.717) is 13.0 Å². The maximum atomic E-state index is 11.7. The Bertz CT molecular complexity index is 483. The number of nitrogens with one attached hydrogen (secondary N) is 1. The minimum Gasteiger partial charge on any atom is -0.464 e. The van der Waals surface area contributed by atoms with Gasteiger partial charge in [0.2, 0.25) is 5.91 Å². The lowest BCUT2D eigenvalue weighted by Gasteiger charge is -2.08. The topological polar surface area (TPSA) is 72.5 Å². The van der Waals surface area contributed by atoms with Crippen molar-refractivity contribution in [2.24, 2.45) is 0 Å². The SMILES string of the molecule is O=C(CC(=O)N[C@@H]1CCOC1=O)Cc1ccccc1. The van der Waals surface area contributed by atoms with E-state index in [2.05, 4.69) is 5.32 Å². The van der Waals surface area contributed by atoms with Gasteiger partial charge in [0.15, 0.2) is 0 Å². The second-order valence-corrected chi connectivity index (χ2v) is 4.45. The lowest BCUT2D eigenvalue weighted by Crippen LogP contribution is -2.38. The predicted molar refractivity (Wildman–Crippen MR) is 67.3 cm³/mol. The van der Waals surface area contributed by atoms with Gasteiger partial charge in [0.05, 0.1) is 13.0 Å².